The fourth-order valence-corrected chi connectivity index (χ4v) is 2.79. The SMILES string of the molecule is COc1cc(OC)c2c(OC)ccc3c2c1C(=[O+]C)C=C3. The van der Waals surface area contributed by atoms with Crippen molar-refractivity contribution in [2.45, 2.75) is 0 Å². The van der Waals surface area contributed by atoms with Crippen LogP contribution in [-0.2, 0) is 0 Å². The van der Waals surface area contributed by atoms with E-state index in [1.807, 2.05) is 30.4 Å². The molecule has 2 aromatic rings. The van der Waals surface area contributed by atoms with Crippen LogP contribution >= 0.6 is 0 Å². The number of allylic oxidation sites excluding steroid dienone is 1. The monoisotopic (exact) mass is 285 g/mol. The lowest BCUT2D eigenvalue weighted by molar-refractivity contribution is -0.222. The van der Waals surface area contributed by atoms with E-state index in [1.165, 1.54) is 0 Å². The van der Waals surface area contributed by atoms with E-state index in [-0.39, 0.29) is 0 Å². The zero-order chi connectivity index (χ0) is 15.0. The van der Waals surface area contributed by atoms with Crippen LogP contribution in [0, 0.1) is 0 Å². The summed E-state index contributed by atoms with van der Waals surface area (Å²) in [4.78, 5) is 0. The van der Waals surface area contributed by atoms with Crippen molar-refractivity contribution < 1.29 is 18.6 Å². The molecule has 0 fully saturated rings. The minimum atomic E-state index is 0.718. The van der Waals surface area contributed by atoms with E-state index in [9.17, 15) is 0 Å². The Kier molecular flexibility index (Phi) is 3.29. The van der Waals surface area contributed by atoms with Crippen molar-refractivity contribution in [1.29, 1.82) is 0 Å². The van der Waals surface area contributed by atoms with Gasteiger partial charge in [0.05, 0.1) is 26.7 Å². The molecule has 0 radical (unpaired) electrons. The molecule has 0 amide bonds. The molecule has 0 spiro atoms. The van der Waals surface area contributed by atoms with E-state index >= 15 is 0 Å². The molecule has 4 heteroatoms. The first-order valence-electron chi connectivity index (χ1n) is 6.60. The molecule has 0 atom stereocenters. The summed E-state index contributed by atoms with van der Waals surface area (Å²) in [5, 5.41) is 1.94. The topological polar surface area (TPSA) is 39.0 Å². The standard InChI is InChI=1S/C17H17O4/c1-18-11-7-5-10-6-8-12(19-2)17-14(21-4)9-13(20-3)16(11)15(10)17/h5-9H,1-4H3/q+1. The third kappa shape index (κ3) is 1.87. The Hall–Kier alpha value is -2.49. The van der Waals surface area contributed by atoms with Crippen LogP contribution in [-0.4, -0.2) is 34.2 Å². The highest BCUT2D eigenvalue weighted by Gasteiger charge is 2.29. The Morgan fingerprint density at radius 3 is 2.14 bits per heavy atom. The lowest BCUT2D eigenvalue weighted by atomic mass is 9.90. The van der Waals surface area contributed by atoms with Crippen LogP contribution in [0.4, 0.5) is 0 Å². The quantitative estimate of drug-likeness (QED) is 0.813. The molecule has 0 saturated heterocycles. The number of ether oxygens (including phenoxy) is 3. The summed E-state index contributed by atoms with van der Waals surface area (Å²) in [5.74, 6) is 2.96. The molecular formula is C17H17O4+. The highest BCUT2D eigenvalue weighted by molar-refractivity contribution is 6.23. The van der Waals surface area contributed by atoms with Crippen LogP contribution < -0.4 is 14.2 Å². The number of ketones is 1. The van der Waals surface area contributed by atoms with E-state index in [0.717, 1.165) is 44.9 Å². The average molecular weight is 285 g/mol. The maximum Gasteiger partial charge on any atom is 0.354 e. The number of hydrogen-bond donors (Lipinski definition) is 0. The maximum atomic E-state index is 5.53. The molecule has 0 N–H and O–H groups in total. The highest BCUT2D eigenvalue weighted by atomic mass is 16.5. The van der Waals surface area contributed by atoms with Crippen LogP contribution in [0.3, 0.4) is 0 Å². The average Bonchev–Trinajstić information content (AvgIpc) is 2.55. The maximum absolute atomic E-state index is 5.53. The van der Waals surface area contributed by atoms with Gasteiger partial charge in [-0.2, -0.15) is 0 Å². The summed E-state index contributed by atoms with van der Waals surface area (Å²) in [5.41, 5.74) is 2.01. The predicted octanol–water partition coefficient (Wildman–Crippen LogP) is 3.24. The zero-order valence-corrected chi connectivity index (χ0v) is 12.5. The fourth-order valence-electron chi connectivity index (χ4n) is 2.79. The molecule has 0 heterocycles. The van der Waals surface area contributed by atoms with Gasteiger partial charge in [-0.25, -0.2) is 0 Å². The Bertz CT molecular complexity index is 772. The van der Waals surface area contributed by atoms with Crippen molar-refractivity contribution >= 4 is 22.6 Å². The summed E-state index contributed by atoms with van der Waals surface area (Å²) in [7, 11) is 6.59. The van der Waals surface area contributed by atoms with Gasteiger partial charge in [0.25, 0.3) is 7.11 Å². The van der Waals surface area contributed by atoms with Crippen LogP contribution in [0.25, 0.3) is 16.8 Å². The van der Waals surface area contributed by atoms with E-state index in [2.05, 4.69) is 0 Å². The summed E-state index contributed by atoms with van der Waals surface area (Å²) in [6.45, 7) is 0. The summed E-state index contributed by atoms with van der Waals surface area (Å²) >= 11 is 0. The van der Waals surface area contributed by atoms with Gasteiger partial charge in [-0.3, -0.25) is 4.42 Å². The fraction of sp³-hybridized carbons (Fsp3) is 0.235. The lowest BCUT2D eigenvalue weighted by Gasteiger charge is -2.18. The van der Waals surface area contributed by atoms with E-state index < -0.39 is 0 Å². The Morgan fingerprint density at radius 1 is 0.810 bits per heavy atom. The molecule has 1 aliphatic rings. The van der Waals surface area contributed by atoms with E-state index in [1.54, 1.807) is 28.4 Å². The predicted molar refractivity (Wildman–Crippen MR) is 82.9 cm³/mol. The summed E-state index contributed by atoms with van der Waals surface area (Å²) < 4.78 is 22.0. The number of rotatable bonds is 3. The van der Waals surface area contributed by atoms with Gasteiger partial charge in [0.1, 0.15) is 22.8 Å². The van der Waals surface area contributed by atoms with Gasteiger partial charge in [0.15, 0.2) is 0 Å². The molecular weight excluding hydrogens is 268 g/mol. The van der Waals surface area contributed by atoms with Crippen molar-refractivity contribution in [3.05, 3.63) is 35.4 Å². The lowest BCUT2D eigenvalue weighted by Crippen LogP contribution is -2.07. The molecule has 0 aromatic heterocycles. The van der Waals surface area contributed by atoms with Crippen LogP contribution in [0.2, 0.25) is 0 Å². The minimum Gasteiger partial charge on any atom is -0.496 e. The van der Waals surface area contributed by atoms with Crippen molar-refractivity contribution in [3.63, 3.8) is 0 Å². The van der Waals surface area contributed by atoms with Crippen LogP contribution in [0.15, 0.2) is 24.3 Å². The third-order valence-electron chi connectivity index (χ3n) is 3.74. The molecule has 2 aromatic carbocycles. The van der Waals surface area contributed by atoms with Gasteiger partial charge in [-0.1, -0.05) is 6.07 Å². The summed E-state index contributed by atoms with van der Waals surface area (Å²) in [6, 6.07) is 5.83. The number of methoxy groups -OCH3 is 3. The molecule has 108 valence electrons. The molecule has 3 rings (SSSR count). The van der Waals surface area contributed by atoms with E-state index in [0.29, 0.717) is 0 Å². The van der Waals surface area contributed by atoms with Crippen molar-refractivity contribution in [1.82, 2.24) is 0 Å². The third-order valence-corrected chi connectivity index (χ3v) is 3.74. The smallest absolute Gasteiger partial charge is 0.354 e. The van der Waals surface area contributed by atoms with Gasteiger partial charge in [-0.15, -0.1) is 0 Å². The zero-order valence-electron chi connectivity index (χ0n) is 12.5. The van der Waals surface area contributed by atoms with Gasteiger partial charge >= 0.3 is 5.78 Å². The van der Waals surface area contributed by atoms with Crippen LogP contribution in [0.5, 0.6) is 17.2 Å². The number of hydrogen-bond acceptors (Lipinski definition) is 3. The van der Waals surface area contributed by atoms with Gasteiger partial charge in [0.2, 0.25) is 0 Å². The van der Waals surface area contributed by atoms with Crippen LogP contribution in [0.1, 0.15) is 15.6 Å². The molecule has 4 nitrogen and oxygen atoms in total. The second kappa shape index (κ2) is 5.13. The largest absolute Gasteiger partial charge is 0.496 e. The molecule has 21 heavy (non-hydrogen) atoms. The second-order valence-corrected chi connectivity index (χ2v) is 4.66. The Morgan fingerprint density at radius 2 is 1.52 bits per heavy atom. The summed E-state index contributed by atoms with van der Waals surface area (Å²) in [6.07, 6.45) is 3.96. The number of carbonyl (C=O) groups excluding carboxylic acids is 1. The first-order valence-corrected chi connectivity index (χ1v) is 6.60. The molecule has 0 bridgehead atoms. The normalized spacial score (nSPS) is 14.6. The van der Waals surface area contributed by atoms with Gasteiger partial charge < -0.3 is 14.2 Å². The first kappa shape index (κ1) is 13.5. The van der Waals surface area contributed by atoms with Gasteiger partial charge in [0, 0.05) is 17.5 Å². The molecule has 0 aliphatic heterocycles. The molecule has 0 unspecified atom stereocenters. The Labute approximate surface area is 123 Å². The van der Waals surface area contributed by atoms with Gasteiger partial charge in [-0.05, 0) is 17.7 Å². The Balaban J connectivity index is 2.55. The highest BCUT2D eigenvalue weighted by Crippen LogP contribution is 2.44. The van der Waals surface area contributed by atoms with E-state index in [4.69, 9.17) is 18.6 Å². The second-order valence-electron chi connectivity index (χ2n) is 4.66. The molecule has 0 saturated carbocycles. The van der Waals surface area contributed by atoms with Crippen molar-refractivity contribution in [3.8, 4) is 17.2 Å². The minimum absolute atomic E-state index is 0.718. The van der Waals surface area contributed by atoms with Crippen molar-refractivity contribution in [2.75, 3.05) is 28.4 Å². The van der Waals surface area contributed by atoms with Crippen molar-refractivity contribution in [2.24, 2.45) is 0 Å². The number of benzene rings is 2. The first-order chi connectivity index (χ1) is 10.2. The molecule has 1 aliphatic carbocycles.